The zero-order valence-corrected chi connectivity index (χ0v) is 6.60. The molecule has 0 aliphatic heterocycles. The molecule has 0 radical (unpaired) electrons. The van der Waals surface area contributed by atoms with E-state index in [9.17, 15) is 0 Å². The molecule has 0 amide bonds. The second kappa shape index (κ2) is 4.80. The maximum atomic E-state index is 7.05. The number of hydrogen-bond acceptors (Lipinski definition) is 1. The van der Waals surface area contributed by atoms with E-state index < -0.39 is 0 Å². The van der Waals surface area contributed by atoms with Gasteiger partial charge in [-0.25, -0.2) is 0 Å². The Hall–Kier alpha value is 0.650. The van der Waals surface area contributed by atoms with E-state index in [4.69, 9.17) is 5.84 Å². The average molecular weight is 213 g/mol. The zero-order valence-electron chi connectivity index (χ0n) is 4.45. The Bertz CT molecular complexity index is 40.7. The maximum absolute atomic E-state index is 7.05. The van der Waals surface area contributed by atoms with Gasteiger partial charge in [0.05, 0.1) is 0 Å². The van der Waals surface area contributed by atoms with Crippen LogP contribution in [0.25, 0.3) is 5.84 Å². The molecule has 0 bridgehead atoms. The fourth-order valence-corrected chi connectivity index (χ4v) is 0.842. The molecule has 0 fully saturated rings. The average Bonchev–Trinajstić information content (AvgIpc) is 1.68. The van der Waals surface area contributed by atoms with Gasteiger partial charge in [0.25, 0.3) is 0 Å². The van der Waals surface area contributed by atoms with E-state index in [1.165, 1.54) is 0 Å². The molecule has 0 aromatic rings. The number of rotatable bonds is 3. The molecule has 0 aromatic heterocycles. The molecule has 7 heavy (non-hydrogen) atoms. The summed E-state index contributed by atoms with van der Waals surface area (Å²) in [5.74, 6) is 7.05. The molecule has 0 saturated carbocycles. The number of halogens is 1. The van der Waals surface area contributed by atoms with Crippen LogP contribution in [-0.4, -0.2) is 22.5 Å². The minimum Gasteiger partial charge on any atom is -0.610 e. The molecule has 0 rings (SSSR count). The summed E-state index contributed by atoms with van der Waals surface area (Å²) >= 11 is 2.26. The quantitative estimate of drug-likeness (QED) is 0.398. The third-order valence-electron chi connectivity index (χ3n) is 0.736. The summed E-state index contributed by atoms with van der Waals surface area (Å²) in [5, 5.41) is 1.55. The number of hydrogen-bond donors (Lipinski definition) is 0. The summed E-state index contributed by atoms with van der Waals surface area (Å²) in [5.41, 5.74) is 0. The summed E-state index contributed by atoms with van der Waals surface area (Å²) in [4.78, 5) is 0. The van der Waals surface area contributed by atoms with Crippen molar-refractivity contribution < 1.29 is 0 Å². The van der Waals surface area contributed by atoms with Gasteiger partial charge in [-0.2, -0.15) is 0 Å². The van der Waals surface area contributed by atoms with Gasteiger partial charge >= 0.3 is 0 Å². The Kier molecular flexibility index (Phi) is 5.25. The smallest absolute Gasteiger partial charge is 0.0109 e. The second-order valence-electron chi connectivity index (χ2n) is 1.27. The first-order valence-corrected chi connectivity index (χ1v) is 3.86. The van der Waals surface area contributed by atoms with Crippen molar-refractivity contribution in [2.45, 2.75) is 6.92 Å². The first-order chi connectivity index (χ1) is 3.31. The Morgan fingerprint density at radius 1 is 1.71 bits per heavy atom. The Morgan fingerprint density at radius 2 is 2.29 bits per heavy atom. The first kappa shape index (κ1) is 7.65. The van der Waals surface area contributed by atoms with Crippen LogP contribution in [0.4, 0.5) is 0 Å². The molecule has 0 aromatic carbocycles. The molecule has 44 valence electrons. The van der Waals surface area contributed by atoms with Crippen molar-refractivity contribution >= 4 is 22.6 Å². The van der Waals surface area contributed by atoms with Gasteiger partial charge < -0.3 is 10.9 Å². The molecule has 3 heteroatoms. The zero-order chi connectivity index (χ0) is 5.70. The van der Waals surface area contributed by atoms with Gasteiger partial charge in [0, 0.05) is 4.43 Å². The van der Waals surface area contributed by atoms with Crippen molar-refractivity contribution in [2.75, 3.05) is 17.5 Å². The van der Waals surface area contributed by atoms with Crippen LogP contribution in [-0.2, 0) is 0 Å². The monoisotopic (exact) mass is 213 g/mol. The van der Waals surface area contributed by atoms with Crippen LogP contribution in [0.2, 0.25) is 0 Å². The molecule has 0 unspecified atom stereocenters. The van der Waals surface area contributed by atoms with Crippen LogP contribution in [0.5, 0.6) is 0 Å². The highest BCUT2D eigenvalue weighted by Crippen LogP contribution is 1.87. The largest absolute Gasteiger partial charge is 0.610 e. The van der Waals surface area contributed by atoms with Gasteiger partial charge in [-0.15, -0.1) is 0 Å². The minimum atomic E-state index is 0.836. The van der Waals surface area contributed by atoms with E-state index in [0.717, 1.165) is 17.5 Å². The molecule has 0 aliphatic rings. The topological polar surface area (TPSA) is 27.0 Å². The summed E-state index contributed by atoms with van der Waals surface area (Å²) in [6.45, 7) is 3.71. The normalized spacial score (nSPS) is 10.3. The molecule has 1 N–H and O–H groups in total. The highest BCUT2D eigenvalue weighted by Gasteiger charge is 1.80. The van der Waals surface area contributed by atoms with Crippen molar-refractivity contribution in [1.29, 1.82) is 0 Å². The van der Waals surface area contributed by atoms with E-state index in [1.807, 2.05) is 6.92 Å². The van der Waals surface area contributed by atoms with E-state index in [-0.39, 0.29) is 0 Å². The van der Waals surface area contributed by atoms with Gasteiger partial charge in [0.2, 0.25) is 0 Å². The lowest BCUT2D eigenvalue weighted by molar-refractivity contribution is 0.426. The summed E-state index contributed by atoms with van der Waals surface area (Å²) < 4.78 is 1.05. The summed E-state index contributed by atoms with van der Waals surface area (Å²) in [6.07, 6.45) is 0. The van der Waals surface area contributed by atoms with Crippen LogP contribution in [0.15, 0.2) is 0 Å². The molecule has 2 nitrogen and oxygen atoms in total. The lowest BCUT2D eigenvalue weighted by Gasteiger charge is -2.22. The molecule has 0 aliphatic carbocycles. The van der Waals surface area contributed by atoms with E-state index in [2.05, 4.69) is 22.6 Å². The van der Waals surface area contributed by atoms with Crippen LogP contribution in [0.3, 0.4) is 0 Å². The van der Waals surface area contributed by atoms with Crippen molar-refractivity contribution in [2.24, 2.45) is 0 Å². The summed E-state index contributed by atoms with van der Waals surface area (Å²) in [6, 6.07) is 0. The predicted octanol–water partition coefficient (Wildman–Crippen LogP) is 1.71. The van der Waals surface area contributed by atoms with Crippen molar-refractivity contribution in [3.8, 4) is 0 Å². The first-order valence-electron chi connectivity index (χ1n) is 2.33. The molecule has 0 spiro atoms. The highest BCUT2D eigenvalue weighted by atomic mass is 127. The number of nitrogens with zero attached hydrogens (tertiary/aromatic N) is 1. The fourth-order valence-electron chi connectivity index (χ4n) is 0.260. The molecular formula is C4H10IN2-. The van der Waals surface area contributed by atoms with Gasteiger partial charge in [0.1, 0.15) is 0 Å². The standard InChI is InChI=1S/C4H10IN2/c1-2-7(6)4-3-5/h6H,2-4H2,1H3/q-1. The van der Waals surface area contributed by atoms with Crippen molar-refractivity contribution in [1.82, 2.24) is 5.01 Å². The van der Waals surface area contributed by atoms with Crippen LogP contribution in [0, 0.1) is 0 Å². The Morgan fingerprint density at radius 3 is 2.43 bits per heavy atom. The Labute approximate surface area is 58.2 Å². The van der Waals surface area contributed by atoms with Crippen LogP contribution < -0.4 is 0 Å². The lowest BCUT2D eigenvalue weighted by atomic mass is 10.6. The maximum Gasteiger partial charge on any atom is 0.0109 e. The van der Waals surface area contributed by atoms with Gasteiger partial charge in [-0.1, -0.05) is 29.5 Å². The third-order valence-corrected chi connectivity index (χ3v) is 1.22. The minimum absolute atomic E-state index is 0.836. The molecule has 0 saturated heterocycles. The van der Waals surface area contributed by atoms with Gasteiger partial charge in [0.15, 0.2) is 0 Å². The highest BCUT2D eigenvalue weighted by molar-refractivity contribution is 14.1. The molecule has 0 heterocycles. The molecular weight excluding hydrogens is 203 g/mol. The van der Waals surface area contributed by atoms with E-state index in [0.29, 0.717) is 0 Å². The van der Waals surface area contributed by atoms with Crippen molar-refractivity contribution in [3.05, 3.63) is 5.84 Å². The summed E-state index contributed by atoms with van der Waals surface area (Å²) in [7, 11) is 0. The van der Waals surface area contributed by atoms with Gasteiger partial charge in [-0.3, -0.25) is 0 Å². The van der Waals surface area contributed by atoms with Crippen LogP contribution in [0.1, 0.15) is 6.92 Å². The second-order valence-corrected chi connectivity index (χ2v) is 2.35. The lowest BCUT2D eigenvalue weighted by Crippen LogP contribution is -2.15. The fraction of sp³-hybridized carbons (Fsp3) is 1.00. The number of alkyl halides is 1. The van der Waals surface area contributed by atoms with Gasteiger partial charge in [-0.05, 0) is 13.1 Å². The molecule has 0 atom stereocenters. The predicted molar refractivity (Wildman–Crippen MR) is 40.5 cm³/mol. The SMILES string of the molecule is CCN([NH-])CCI. The van der Waals surface area contributed by atoms with E-state index in [1.54, 1.807) is 5.01 Å². The third kappa shape index (κ3) is 4.50. The number of nitrogens with one attached hydrogen (secondary N) is 1. The Balaban J connectivity index is 2.83. The van der Waals surface area contributed by atoms with Crippen molar-refractivity contribution in [3.63, 3.8) is 0 Å². The van der Waals surface area contributed by atoms with Crippen LogP contribution >= 0.6 is 22.6 Å². The van der Waals surface area contributed by atoms with E-state index >= 15 is 0 Å².